The second kappa shape index (κ2) is 6.12. The Balaban J connectivity index is 1.88. The van der Waals surface area contributed by atoms with Gasteiger partial charge in [0.1, 0.15) is 0 Å². The fraction of sp³-hybridized carbons (Fsp3) is 0.333. The largest absolute Gasteiger partial charge is 0.493 e. The summed E-state index contributed by atoms with van der Waals surface area (Å²) in [5.41, 5.74) is 7.62. The Hall–Kier alpha value is -2.46. The maximum atomic E-state index is 5.52. The molecule has 1 aromatic heterocycles. The quantitative estimate of drug-likeness (QED) is 0.759. The summed E-state index contributed by atoms with van der Waals surface area (Å²) in [6.07, 6.45) is 1.04. The highest BCUT2D eigenvalue weighted by atomic mass is 16.5. The van der Waals surface area contributed by atoms with Gasteiger partial charge in [-0.3, -0.25) is 0 Å². The molecule has 0 radical (unpaired) electrons. The summed E-state index contributed by atoms with van der Waals surface area (Å²) in [7, 11) is 3.36. The minimum atomic E-state index is 0.135. The fourth-order valence-corrected chi connectivity index (χ4v) is 3.91. The van der Waals surface area contributed by atoms with E-state index < -0.39 is 0 Å². The van der Waals surface area contributed by atoms with Crippen molar-refractivity contribution in [1.29, 1.82) is 0 Å². The van der Waals surface area contributed by atoms with Gasteiger partial charge in [0.15, 0.2) is 11.5 Å². The molecule has 0 fully saturated rings. The second-order valence-corrected chi connectivity index (χ2v) is 6.77. The average Bonchev–Trinajstić information content (AvgIpc) is 2.99. The SMILES string of the molecule is COc1cc(C)c(C2NCCc3c2[nH]c2ccc(C)cc32)cc1OC. The van der Waals surface area contributed by atoms with Gasteiger partial charge in [0.2, 0.25) is 0 Å². The smallest absolute Gasteiger partial charge is 0.161 e. The summed E-state index contributed by atoms with van der Waals surface area (Å²) in [5, 5.41) is 5.02. The summed E-state index contributed by atoms with van der Waals surface area (Å²) < 4.78 is 11.0. The number of hydrogen-bond acceptors (Lipinski definition) is 3. The van der Waals surface area contributed by atoms with Crippen LogP contribution < -0.4 is 14.8 Å². The van der Waals surface area contributed by atoms with Crippen LogP contribution in [-0.4, -0.2) is 25.7 Å². The van der Waals surface area contributed by atoms with Crippen molar-refractivity contribution >= 4 is 10.9 Å². The summed E-state index contributed by atoms with van der Waals surface area (Å²) in [6.45, 7) is 5.24. The Morgan fingerprint density at radius 2 is 1.76 bits per heavy atom. The van der Waals surface area contributed by atoms with Crippen molar-refractivity contribution < 1.29 is 9.47 Å². The van der Waals surface area contributed by atoms with E-state index in [4.69, 9.17) is 9.47 Å². The lowest BCUT2D eigenvalue weighted by Crippen LogP contribution is -2.31. The lowest BCUT2D eigenvalue weighted by atomic mass is 9.91. The van der Waals surface area contributed by atoms with Crippen molar-refractivity contribution in [3.8, 4) is 11.5 Å². The zero-order valence-corrected chi connectivity index (χ0v) is 15.2. The van der Waals surface area contributed by atoms with Crippen LogP contribution in [0.4, 0.5) is 0 Å². The van der Waals surface area contributed by atoms with Gasteiger partial charge < -0.3 is 19.8 Å². The molecule has 2 aromatic carbocycles. The number of methoxy groups -OCH3 is 2. The molecule has 0 amide bonds. The first kappa shape index (κ1) is 16.0. The highest BCUT2D eigenvalue weighted by Crippen LogP contribution is 2.38. The van der Waals surface area contributed by atoms with Crippen LogP contribution in [0.1, 0.15) is 34.0 Å². The van der Waals surface area contributed by atoms with Crippen molar-refractivity contribution in [2.75, 3.05) is 20.8 Å². The van der Waals surface area contributed by atoms with Gasteiger partial charge in [-0.05, 0) is 61.2 Å². The Kier molecular flexibility index (Phi) is 3.92. The molecule has 1 aliphatic heterocycles. The van der Waals surface area contributed by atoms with Gasteiger partial charge in [-0.25, -0.2) is 0 Å². The average molecular weight is 336 g/mol. The van der Waals surface area contributed by atoms with Crippen molar-refractivity contribution in [2.24, 2.45) is 0 Å². The normalized spacial score (nSPS) is 16.7. The number of ether oxygens (including phenoxy) is 2. The summed E-state index contributed by atoms with van der Waals surface area (Å²) in [4.78, 5) is 3.65. The lowest BCUT2D eigenvalue weighted by molar-refractivity contribution is 0.353. The standard InChI is InChI=1S/C21H24N2O2/c1-12-5-6-17-16(9-12)14-7-8-22-20(21(14)23-17)15-11-19(25-4)18(24-3)10-13(15)2/h5-6,9-11,20,22-23H,7-8H2,1-4H3. The number of nitrogens with one attached hydrogen (secondary N) is 2. The number of aromatic nitrogens is 1. The van der Waals surface area contributed by atoms with E-state index in [1.54, 1.807) is 14.2 Å². The number of hydrogen-bond donors (Lipinski definition) is 2. The topological polar surface area (TPSA) is 46.3 Å². The molecule has 0 saturated heterocycles. The lowest BCUT2D eigenvalue weighted by Gasteiger charge is -2.27. The highest BCUT2D eigenvalue weighted by molar-refractivity contribution is 5.86. The molecule has 2 N–H and O–H groups in total. The first-order valence-corrected chi connectivity index (χ1v) is 8.69. The molecule has 0 aliphatic carbocycles. The highest BCUT2D eigenvalue weighted by Gasteiger charge is 2.27. The van der Waals surface area contributed by atoms with Crippen LogP contribution in [0.15, 0.2) is 30.3 Å². The third kappa shape index (κ3) is 2.57. The maximum Gasteiger partial charge on any atom is 0.161 e. The van der Waals surface area contributed by atoms with Crippen LogP contribution in [0, 0.1) is 13.8 Å². The maximum absolute atomic E-state index is 5.52. The van der Waals surface area contributed by atoms with Crippen LogP contribution >= 0.6 is 0 Å². The zero-order chi connectivity index (χ0) is 17.6. The molecule has 0 bridgehead atoms. The molecule has 4 heteroatoms. The minimum absolute atomic E-state index is 0.135. The van der Waals surface area contributed by atoms with Crippen molar-refractivity contribution in [1.82, 2.24) is 10.3 Å². The minimum Gasteiger partial charge on any atom is -0.493 e. The summed E-state index contributed by atoms with van der Waals surface area (Å²) in [5.74, 6) is 1.54. The molecule has 0 spiro atoms. The molecular formula is C21H24N2O2. The zero-order valence-electron chi connectivity index (χ0n) is 15.2. The van der Waals surface area contributed by atoms with Gasteiger partial charge in [0.25, 0.3) is 0 Å². The first-order chi connectivity index (χ1) is 12.1. The van der Waals surface area contributed by atoms with E-state index in [0.29, 0.717) is 0 Å². The van der Waals surface area contributed by atoms with Crippen LogP contribution in [0.2, 0.25) is 0 Å². The van der Waals surface area contributed by atoms with Crippen molar-refractivity contribution in [3.63, 3.8) is 0 Å². The van der Waals surface area contributed by atoms with E-state index in [0.717, 1.165) is 24.5 Å². The van der Waals surface area contributed by atoms with Gasteiger partial charge >= 0.3 is 0 Å². The number of rotatable bonds is 3. The van der Waals surface area contributed by atoms with Crippen LogP contribution in [0.25, 0.3) is 10.9 Å². The van der Waals surface area contributed by atoms with Crippen molar-refractivity contribution in [2.45, 2.75) is 26.3 Å². The second-order valence-electron chi connectivity index (χ2n) is 6.77. The van der Waals surface area contributed by atoms with E-state index >= 15 is 0 Å². The number of aromatic amines is 1. The first-order valence-electron chi connectivity index (χ1n) is 8.69. The van der Waals surface area contributed by atoms with Gasteiger partial charge in [0, 0.05) is 23.1 Å². The van der Waals surface area contributed by atoms with Gasteiger partial charge in [-0.15, -0.1) is 0 Å². The third-order valence-electron chi connectivity index (χ3n) is 5.19. The molecular weight excluding hydrogens is 312 g/mol. The molecule has 25 heavy (non-hydrogen) atoms. The molecule has 3 aromatic rings. The molecule has 1 atom stereocenters. The number of aryl methyl sites for hydroxylation is 2. The van der Waals surface area contributed by atoms with Gasteiger partial charge in [-0.2, -0.15) is 0 Å². The monoisotopic (exact) mass is 336 g/mol. The van der Waals surface area contributed by atoms with Crippen LogP contribution in [0.5, 0.6) is 11.5 Å². The predicted molar refractivity (Wildman–Crippen MR) is 101 cm³/mol. The fourth-order valence-electron chi connectivity index (χ4n) is 3.91. The van der Waals surface area contributed by atoms with Crippen LogP contribution in [0.3, 0.4) is 0 Å². The van der Waals surface area contributed by atoms with Gasteiger partial charge in [-0.1, -0.05) is 11.6 Å². The van der Waals surface area contributed by atoms with E-state index in [9.17, 15) is 0 Å². The molecule has 4 nitrogen and oxygen atoms in total. The van der Waals surface area contributed by atoms with Gasteiger partial charge in [0.05, 0.1) is 20.3 Å². The molecule has 2 heterocycles. The Bertz CT molecular complexity index is 943. The van der Waals surface area contributed by atoms with E-state index in [-0.39, 0.29) is 6.04 Å². The van der Waals surface area contributed by atoms with E-state index in [2.05, 4.69) is 54.5 Å². The molecule has 130 valence electrons. The Labute approximate surface area is 148 Å². The third-order valence-corrected chi connectivity index (χ3v) is 5.19. The van der Waals surface area contributed by atoms with E-state index in [1.807, 2.05) is 0 Å². The molecule has 1 unspecified atom stereocenters. The molecule has 4 rings (SSSR count). The number of H-pyrrole nitrogens is 1. The van der Waals surface area contributed by atoms with E-state index in [1.165, 1.54) is 38.9 Å². The summed E-state index contributed by atoms with van der Waals surface area (Å²) in [6, 6.07) is 10.9. The Morgan fingerprint density at radius 1 is 1.00 bits per heavy atom. The summed E-state index contributed by atoms with van der Waals surface area (Å²) >= 11 is 0. The number of fused-ring (bicyclic) bond motifs is 3. The van der Waals surface area contributed by atoms with Crippen LogP contribution in [-0.2, 0) is 6.42 Å². The Morgan fingerprint density at radius 3 is 2.52 bits per heavy atom. The molecule has 1 aliphatic rings. The number of benzene rings is 2. The van der Waals surface area contributed by atoms with Crippen molar-refractivity contribution in [3.05, 3.63) is 58.3 Å². The predicted octanol–water partition coefficient (Wildman–Crippen LogP) is 4.04. The molecule has 0 saturated carbocycles.